The number of thioether (sulfide) groups is 1. The van der Waals surface area contributed by atoms with Crippen LogP contribution in [-0.2, 0) is 9.59 Å². The molecule has 1 atom stereocenters. The second-order valence-corrected chi connectivity index (χ2v) is 13.0. The van der Waals surface area contributed by atoms with Crippen LogP contribution in [0.3, 0.4) is 0 Å². The minimum absolute atomic E-state index is 0.0358. The van der Waals surface area contributed by atoms with Crippen molar-refractivity contribution in [2.75, 3.05) is 16.0 Å². The van der Waals surface area contributed by atoms with Gasteiger partial charge in [0.25, 0.3) is 0 Å². The monoisotopic (exact) mass is 612 g/mol. The van der Waals surface area contributed by atoms with Gasteiger partial charge in [-0.15, -0.1) is 10.2 Å². The van der Waals surface area contributed by atoms with Crippen molar-refractivity contribution < 1.29 is 19.5 Å². The Bertz CT molecular complexity index is 1720. The van der Waals surface area contributed by atoms with Gasteiger partial charge in [-0.05, 0) is 41.7 Å². The second-order valence-electron chi connectivity index (χ2n) is 10.9. The lowest BCUT2D eigenvalue weighted by molar-refractivity contribution is -0.118. The van der Waals surface area contributed by atoms with Crippen molar-refractivity contribution >= 4 is 57.7 Å². The number of allylic oxidation sites excluding steroid dienone is 4. The normalized spacial score (nSPS) is 18.0. The van der Waals surface area contributed by atoms with Crippen molar-refractivity contribution in [1.29, 1.82) is 5.26 Å². The van der Waals surface area contributed by atoms with Gasteiger partial charge in [0.2, 0.25) is 11.0 Å². The van der Waals surface area contributed by atoms with E-state index < -0.39 is 11.9 Å². The van der Waals surface area contributed by atoms with Gasteiger partial charge >= 0.3 is 5.97 Å². The molecule has 12 heteroatoms. The Balaban J connectivity index is 1.39. The number of nitrogens with two attached hydrogens (primary N) is 1. The van der Waals surface area contributed by atoms with E-state index in [1.807, 2.05) is 56.3 Å². The Morgan fingerprint density at radius 2 is 1.91 bits per heavy atom. The van der Waals surface area contributed by atoms with Crippen LogP contribution in [0.25, 0.3) is 6.08 Å². The topological polar surface area (TPSA) is 162 Å². The summed E-state index contributed by atoms with van der Waals surface area (Å²) in [5.41, 5.74) is 9.37. The molecule has 1 unspecified atom stereocenters. The first kappa shape index (κ1) is 29.8. The molecular formula is C31H28N6O4S2. The average molecular weight is 613 g/mol. The SMILES string of the molecule is CC1(C)CC(=O)C2=C(C1)N(c1nnc(SCC(=O)Nc3ccc(C(=O)O)cc3)s1)C(N)=C(C#N)C2/C=C/c1ccccc1. The lowest BCUT2D eigenvalue weighted by atomic mass is 9.70. The number of Topliss-reactive ketones (excluding diaryl/α,β-unsaturated/α-hetero) is 1. The first-order chi connectivity index (χ1) is 20.6. The van der Waals surface area contributed by atoms with Crippen LogP contribution in [0.1, 0.15) is 42.6 Å². The molecule has 0 bridgehead atoms. The average Bonchev–Trinajstić information content (AvgIpc) is 3.43. The van der Waals surface area contributed by atoms with Crippen LogP contribution in [0, 0.1) is 22.7 Å². The van der Waals surface area contributed by atoms with E-state index in [0.29, 0.717) is 39.3 Å². The van der Waals surface area contributed by atoms with Crippen molar-refractivity contribution in [2.24, 2.45) is 17.1 Å². The minimum atomic E-state index is -1.05. The molecule has 218 valence electrons. The lowest BCUT2D eigenvalue weighted by Gasteiger charge is -2.41. The number of carbonyl (C=O) groups excluding carboxylic acids is 2. The third kappa shape index (κ3) is 6.53. The van der Waals surface area contributed by atoms with Gasteiger partial charge < -0.3 is 16.2 Å². The number of nitriles is 1. The first-order valence-electron chi connectivity index (χ1n) is 13.3. The second kappa shape index (κ2) is 12.2. The largest absolute Gasteiger partial charge is 0.478 e. The molecule has 1 aliphatic heterocycles. The number of aromatic carboxylic acids is 1. The van der Waals surface area contributed by atoms with Crippen molar-refractivity contribution in [2.45, 2.75) is 31.0 Å². The molecule has 1 aliphatic carbocycles. The number of carboxylic acid groups (broad SMARTS) is 1. The first-order valence-corrected chi connectivity index (χ1v) is 15.2. The summed E-state index contributed by atoms with van der Waals surface area (Å²) in [6, 6.07) is 17.8. The Morgan fingerprint density at radius 3 is 2.58 bits per heavy atom. The summed E-state index contributed by atoms with van der Waals surface area (Å²) in [5, 5.41) is 30.9. The molecule has 0 spiro atoms. The van der Waals surface area contributed by atoms with Gasteiger partial charge in [0.05, 0.1) is 23.0 Å². The zero-order valence-corrected chi connectivity index (χ0v) is 25.0. The van der Waals surface area contributed by atoms with E-state index in [0.717, 1.165) is 5.56 Å². The van der Waals surface area contributed by atoms with E-state index in [1.165, 1.54) is 47.4 Å². The molecule has 0 saturated heterocycles. The number of aromatic nitrogens is 2. The van der Waals surface area contributed by atoms with E-state index in [4.69, 9.17) is 10.8 Å². The molecule has 43 heavy (non-hydrogen) atoms. The number of nitrogens with one attached hydrogen (secondary N) is 1. The summed E-state index contributed by atoms with van der Waals surface area (Å²) in [4.78, 5) is 38.8. The predicted octanol–water partition coefficient (Wildman–Crippen LogP) is 5.45. The van der Waals surface area contributed by atoms with Gasteiger partial charge in [0.1, 0.15) is 5.82 Å². The number of anilines is 2. The standard InChI is InChI=1S/C31H28N6O4S2/c1-31(2)14-23-26(24(38)15-31)21(13-8-18-6-4-3-5-7-18)22(16-32)27(33)37(23)29-35-36-30(43-29)42-17-25(39)34-20-11-9-19(10-12-20)28(40)41/h3-13,21H,14-15,17,33H2,1-2H3,(H,34,39)(H,40,41)/b13-8+. The van der Waals surface area contributed by atoms with Crippen molar-refractivity contribution in [3.8, 4) is 6.07 Å². The molecule has 5 rings (SSSR count). The van der Waals surface area contributed by atoms with Gasteiger partial charge in [-0.1, -0.05) is 79.4 Å². The highest BCUT2D eigenvalue weighted by molar-refractivity contribution is 8.01. The molecule has 3 aromatic rings. The third-order valence-corrected chi connectivity index (χ3v) is 9.08. The van der Waals surface area contributed by atoms with Crippen molar-refractivity contribution in [1.82, 2.24) is 10.2 Å². The number of amides is 1. The van der Waals surface area contributed by atoms with Crippen molar-refractivity contribution in [3.05, 3.63) is 94.5 Å². The molecule has 1 aromatic heterocycles. The Labute approximate surface area is 256 Å². The quantitative estimate of drug-likeness (QED) is 0.279. The number of ketones is 1. The van der Waals surface area contributed by atoms with E-state index in [2.05, 4.69) is 21.6 Å². The Kier molecular flexibility index (Phi) is 8.47. The van der Waals surface area contributed by atoms with E-state index in [9.17, 15) is 19.6 Å². The predicted molar refractivity (Wildman–Crippen MR) is 166 cm³/mol. The van der Waals surface area contributed by atoms with Crippen LogP contribution in [0.4, 0.5) is 10.8 Å². The highest BCUT2D eigenvalue weighted by Gasteiger charge is 2.44. The number of carbonyl (C=O) groups is 3. The number of carboxylic acids is 1. The molecule has 10 nitrogen and oxygen atoms in total. The number of nitrogens with zero attached hydrogens (tertiary/aromatic N) is 4. The highest BCUT2D eigenvalue weighted by Crippen LogP contribution is 2.48. The summed E-state index contributed by atoms with van der Waals surface area (Å²) in [6.45, 7) is 4.05. The third-order valence-electron chi connectivity index (χ3n) is 7.04. The summed E-state index contributed by atoms with van der Waals surface area (Å²) in [6.07, 6.45) is 4.65. The fourth-order valence-corrected chi connectivity index (χ4v) is 6.79. The van der Waals surface area contributed by atoms with Gasteiger partial charge in [-0.3, -0.25) is 14.5 Å². The zero-order valence-electron chi connectivity index (χ0n) is 23.4. The fourth-order valence-electron chi connectivity index (χ4n) is 5.10. The molecule has 0 radical (unpaired) electrons. The molecule has 1 amide bonds. The number of hydrogen-bond donors (Lipinski definition) is 3. The fraction of sp³-hybridized carbons (Fsp3) is 0.226. The molecule has 2 aliphatic rings. The molecule has 2 heterocycles. The molecule has 0 saturated carbocycles. The van der Waals surface area contributed by atoms with E-state index in [-0.39, 0.29) is 39.8 Å². The van der Waals surface area contributed by atoms with Crippen LogP contribution >= 0.6 is 23.1 Å². The van der Waals surface area contributed by atoms with E-state index >= 15 is 0 Å². The zero-order chi connectivity index (χ0) is 30.7. The molecule has 2 aromatic carbocycles. The van der Waals surface area contributed by atoms with Crippen LogP contribution in [-0.4, -0.2) is 38.7 Å². The van der Waals surface area contributed by atoms with Gasteiger partial charge in [0.15, 0.2) is 10.1 Å². The van der Waals surface area contributed by atoms with Crippen LogP contribution in [0.2, 0.25) is 0 Å². The van der Waals surface area contributed by atoms with E-state index in [1.54, 1.807) is 4.90 Å². The Hall–Kier alpha value is -4.73. The summed E-state index contributed by atoms with van der Waals surface area (Å²) >= 11 is 2.39. The van der Waals surface area contributed by atoms with Crippen LogP contribution in [0.5, 0.6) is 0 Å². The molecule has 4 N–H and O–H groups in total. The van der Waals surface area contributed by atoms with Crippen LogP contribution in [0.15, 0.2) is 87.7 Å². The summed E-state index contributed by atoms with van der Waals surface area (Å²) in [7, 11) is 0. The maximum atomic E-state index is 13.6. The number of hydrogen-bond acceptors (Lipinski definition) is 10. The maximum absolute atomic E-state index is 13.6. The van der Waals surface area contributed by atoms with Gasteiger partial charge in [-0.25, -0.2) is 4.79 Å². The van der Waals surface area contributed by atoms with Crippen molar-refractivity contribution in [3.63, 3.8) is 0 Å². The molecular weight excluding hydrogens is 585 g/mol. The maximum Gasteiger partial charge on any atom is 0.335 e. The smallest absolute Gasteiger partial charge is 0.335 e. The number of rotatable bonds is 8. The molecule has 0 fully saturated rings. The van der Waals surface area contributed by atoms with Crippen LogP contribution < -0.4 is 16.0 Å². The highest BCUT2D eigenvalue weighted by atomic mass is 32.2. The van der Waals surface area contributed by atoms with Gasteiger partial charge in [0, 0.05) is 29.3 Å². The minimum Gasteiger partial charge on any atom is -0.478 e. The van der Waals surface area contributed by atoms with Gasteiger partial charge in [-0.2, -0.15) is 5.26 Å². The lowest BCUT2D eigenvalue weighted by Crippen LogP contribution is -2.42. The Morgan fingerprint density at radius 1 is 1.19 bits per heavy atom. The summed E-state index contributed by atoms with van der Waals surface area (Å²) < 4.78 is 0.507. The number of benzene rings is 2. The summed E-state index contributed by atoms with van der Waals surface area (Å²) in [5.74, 6) is -1.73.